The summed E-state index contributed by atoms with van der Waals surface area (Å²) in [6, 6.07) is 20.2. The molecule has 0 saturated carbocycles. The van der Waals surface area contributed by atoms with E-state index in [1.807, 2.05) is 48.5 Å². The van der Waals surface area contributed by atoms with Gasteiger partial charge in [0.05, 0.1) is 15.1 Å². The van der Waals surface area contributed by atoms with Crippen LogP contribution >= 0.6 is 63.1 Å². The number of anilines is 1. The van der Waals surface area contributed by atoms with Gasteiger partial charge in [-0.15, -0.1) is 0 Å². The quantitative estimate of drug-likeness (QED) is 0.240. The van der Waals surface area contributed by atoms with Crippen LogP contribution in [0.25, 0.3) is 6.08 Å². The topological polar surface area (TPSA) is 29.5 Å². The Balaban J connectivity index is 1.49. The van der Waals surface area contributed by atoms with E-state index >= 15 is 0 Å². The highest BCUT2D eigenvalue weighted by Crippen LogP contribution is 2.37. The smallest absolute Gasteiger partial charge is 0.270 e. The van der Waals surface area contributed by atoms with Crippen molar-refractivity contribution in [2.24, 2.45) is 0 Å². The number of rotatable bonds is 5. The standard InChI is InChI=1S/C23H14BrCl2NO2S2/c24-19-11-15(3-10-20(19)29-13-14-1-4-16(25)5-2-14)12-21-22(28)27(23(30)31-21)18-8-6-17(26)7-9-18/h1-12H,13H2/b21-12-. The zero-order chi connectivity index (χ0) is 22.0. The van der Waals surface area contributed by atoms with Gasteiger partial charge in [0.1, 0.15) is 12.4 Å². The molecule has 4 rings (SSSR count). The van der Waals surface area contributed by atoms with E-state index in [9.17, 15) is 4.79 Å². The Kier molecular flexibility index (Phi) is 7.04. The highest BCUT2D eigenvalue weighted by molar-refractivity contribution is 9.10. The Morgan fingerprint density at radius 3 is 2.29 bits per heavy atom. The fraction of sp³-hybridized carbons (Fsp3) is 0.0435. The number of nitrogens with zero attached hydrogens (tertiary/aromatic N) is 1. The maximum Gasteiger partial charge on any atom is 0.270 e. The molecule has 0 unspecified atom stereocenters. The molecule has 3 aromatic rings. The van der Waals surface area contributed by atoms with Crippen LogP contribution in [0.4, 0.5) is 5.69 Å². The average Bonchev–Trinajstić information content (AvgIpc) is 3.02. The number of halogens is 3. The van der Waals surface area contributed by atoms with Crippen LogP contribution in [0.3, 0.4) is 0 Å². The Hall–Kier alpha value is -1.83. The molecule has 1 fully saturated rings. The molecule has 0 atom stereocenters. The van der Waals surface area contributed by atoms with Crippen molar-refractivity contribution in [3.05, 3.63) is 97.3 Å². The van der Waals surface area contributed by atoms with Crippen molar-refractivity contribution >= 4 is 85.1 Å². The summed E-state index contributed by atoms with van der Waals surface area (Å²) in [7, 11) is 0. The Bertz CT molecular complexity index is 1180. The molecule has 1 aliphatic rings. The number of amides is 1. The van der Waals surface area contributed by atoms with E-state index in [4.69, 9.17) is 40.2 Å². The van der Waals surface area contributed by atoms with Gasteiger partial charge in [0.15, 0.2) is 4.32 Å². The van der Waals surface area contributed by atoms with Crippen molar-refractivity contribution in [1.29, 1.82) is 0 Å². The molecule has 0 aliphatic carbocycles. The van der Waals surface area contributed by atoms with Crippen LogP contribution in [0, 0.1) is 0 Å². The van der Waals surface area contributed by atoms with Crippen LogP contribution in [-0.4, -0.2) is 10.2 Å². The van der Waals surface area contributed by atoms with E-state index < -0.39 is 0 Å². The number of ether oxygens (including phenoxy) is 1. The summed E-state index contributed by atoms with van der Waals surface area (Å²) in [6.07, 6.45) is 1.82. The van der Waals surface area contributed by atoms with E-state index in [2.05, 4.69) is 15.9 Å². The van der Waals surface area contributed by atoms with Gasteiger partial charge in [0.2, 0.25) is 0 Å². The van der Waals surface area contributed by atoms with Crippen molar-refractivity contribution in [1.82, 2.24) is 0 Å². The maximum atomic E-state index is 12.9. The molecule has 3 aromatic carbocycles. The molecule has 1 heterocycles. The molecule has 1 saturated heterocycles. The number of thioether (sulfide) groups is 1. The first-order chi connectivity index (χ1) is 14.9. The molecule has 0 aromatic heterocycles. The van der Waals surface area contributed by atoms with E-state index in [-0.39, 0.29) is 5.91 Å². The number of hydrogen-bond acceptors (Lipinski definition) is 4. The van der Waals surface area contributed by atoms with Gasteiger partial charge in [-0.05, 0) is 81.7 Å². The van der Waals surface area contributed by atoms with Crippen molar-refractivity contribution < 1.29 is 9.53 Å². The SMILES string of the molecule is O=C1/C(=C/c2ccc(OCc3ccc(Cl)cc3)c(Br)c2)SC(=S)N1c1ccc(Cl)cc1. The molecular formula is C23H14BrCl2NO2S2. The second-order valence-corrected chi connectivity index (χ2v) is 10.0. The molecule has 0 radical (unpaired) electrons. The molecule has 31 heavy (non-hydrogen) atoms. The van der Waals surface area contributed by atoms with Crippen LogP contribution in [0.5, 0.6) is 5.75 Å². The summed E-state index contributed by atoms with van der Waals surface area (Å²) >= 11 is 22.1. The molecule has 1 aliphatic heterocycles. The Morgan fingerprint density at radius 1 is 1.00 bits per heavy atom. The van der Waals surface area contributed by atoms with Crippen LogP contribution in [0.2, 0.25) is 10.0 Å². The lowest BCUT2D eigenvalue weighted by Gasteiger charge is -2.14. The second kappa shape index (κ2) is 9.76. The van der Waals surface area contributed by atoms with Gasteiger partial charge >= 0.3 is 0 Å². The lowest BCUT2D eigenvalue weighted by molar-refractivity contribution is -0.113. The van der Waals surface area contributed by atoms with Crippen molar-refractivity contribution in [3.8, 4) is 5.75 Å². The lowest BCUT2D eigenvalue weighted by Crippen LogP contribution is -2.27. The van der Waals surface area contributed by atoms with Gasteiger partial charge in [0, 0.05) is 10.0 Å². The lowest BCUT2D eigenvalue weighted by atomic mass is 10.2. The zero-order valence-corrected chi connectivity index (χ0v) is 20.6. The molecule has 0 N–H and O–H groups in total. The summed E-state index contributed by atoms with van der Waals surface area (Å²) in [5.74, 6) is 0.553. The number of hydrogen-bond donors (Lipinski definition) is 0. The zero-order valence-electron chi connectivity index (χ0n) is 15.8. The van der Waals surface area contributed by atoms with Crippen LogP contribution in [0.15, 0.2) is 76.1 Å². The molecule has 0 bridgehead atoms. The van der Waals surface area contributed by atoms with Crippen LogP contribution in [-0.2, 0) is 11.4 Å². The maximum absolute atomic E-state index is 12.9. The average molecular weight is 551 g/mol. The van der Waals surface area contributed by atoms with Gasteiger partial charge in [-0.2, -0.15) is 0 Å². The molecule has 3 nitrogen and oxygen atoms in total. The summed E-state index contributed by atoms with van der Waals surface area (Å²) in [5, 5.41) is 1.30. The second-order valence-electron chi connectivity index (χ2n) is 6.60. The third-order valence-corrected chi connectivity index (χ3v) is 6.87. The summed E-state index contributed by atoms with van der Waals surface area (Å²) in [6.45, 7) is 0.425. The van der Waals surface area contributed by atoms with Gasteiger partial charge < -0.3 is 4.74 Å². The largest absolute Gasteiger partial charge is 0.488 e. The minimum Gasteiger partial charge on any atom is -0.488 e. The van der Waals surface area contributed by atoms with Crippen molar-refractivity contribution in [2.75, 3.05) is 4.90 Å². The van der Waals surface area contributed by atoms with Crippen LogP contribution in [0.1, 0.15) is 11.1 Å². The molecule has 1 amide bonds. The third-order valence-electron chi connectivity index (χ3n) is 4.44. The normalized spacial score (nSPS) is 15.1. The van der Waals surface area contributed by atoms with Gasteiger partial charge in [0.25, 0.3) is 5.91 Å². The van der Waals surface area contributed by atoms with E-state index in [1.165, 1.54) is 16.7 Å². The predicted octanol–water partition coefficient (Wildman–Crippen LogP) is 7.74. The van der Waals surface area contributed by atoms with Crippen molar-refractivity contribution in [3.63, 3.8) is 0 Å². The summed E-state index contributed by atoms with van der Waals surface area (Å²) in [5.41, 5.74) is 2.58. The number of thiocarbonyl (C=S) groups is 1. The molecular weight excluding hydrogens is 537 g/mol. The predicted molar refractivity (Wildman–Crippen MR) is 137 cm³/mol. The minimum absolute atomic E-state index is 0.156. The molecule has 0 spiro atoms. The first-order valence-corrected chi connectivity index (χ1v) is 11.9. The van der Waals surface area contributed by atoms with Gasteiger partial charge in [-0.3, -0.25) is 9.69 Å². The van der Waals surface area contributed by atoms with Crippen LogP contribution < -0.4 is 9.64 Å². The number of benzene rings is 3. The fourth-order valence-electron chi connectivity index (χ4n) is 2.90. The van der Waals surface area contributed by atoms with E-state index in [0.29, 0.717) is 37.3 Å². The number of carbonyl (C=O) groups is 1. The highest BCUT2D eigenvalue weighted by Gasteiger charge is 2.33. The Morgan fingerprint density at radius 2 is 1.65 bits per heavy atom. The monoisotopic (exact) mass is 549 g/mol. The highest BCUT2D eigenvalue weighted by atomic mass is 79.9. The molecule has 8 heteroatoms. The first-order valence-electron chi connectivity index (χ1n) is 9.11. The molecule has 156 valence electrons. The number of carbonyl (C=O) groups excluding carboxylic acids is 1. The van der Waals surface area contributed by atoms with Gasteiger partial charge in [-0.1, -0.05) is 65.4 Å². The minimum atomic E-state index is -0.156. The Labute approximate surface area is 208 Å². The third kappa shape index (κ3) is 5.33. The summed E-state index contributed by atoms with van der Waals surface area (Å²) < 4.78 is 7.17. The van der Waals surface area contributed by atoms with E-state index in [1.54, 1.807) is 24.3 Å². The van der Waals surface area contributed by atoms with Crippen molar-refractivity contribution in [2.45, 2.75) is 6.61 Å². The van der Waals surface area contributed by atoms with Gasteiger partial charge in [-0.25, -0.2) is 0 Å². The summed E-state index contributed by atoms with van der Waals surface area (Å²) in [4.78, 5) is 15.0. The fourth-order valence-corrected chi connectivity index (χ4v) is 4.96. The first kappa shape index (κ1) is 22.4. The van der Waals surface area contributed by atoms with E-state index in [0.717, 1.165) is 15.6 Å².